The van der Waals surface area contributed by atoms with E-state index in [0.29, 0.717) is 29.7 Å². The third-order valence-corrected chi connectivity index (χ3v) is 6.93. The minimum atomic E-state index is -3.55. The maximum absolute atomic E-state index is 12.4. The maximum atomic E-state index is 12.4. The molecule has 1 amide bonds. The predicted octanol–water partition coefficient (Wildman–Crippen LogP) is 2.67. The van der Waals surface area contributed by atoms with Crippen LogP contribution in [0.25, 0.3) is 0 Å². The van der Waals surface area contributed by atoms with Crippen molar-refractivity contribution in [3.63, 3.8) is 0 Å². The number of halogens is 1. The van der Waals surface area contributed by atoms with Gasteiger partial charge >= 0.3 is 0 Å². The molecule has 1 fully saturated rings. The summed E-state index contributed by atoms with van der Waals surface area (Å²) in [6, 6.07) is 10.3. The molecule has 1 N–H and O–H groups in total. The van der Waals surface area contributed by atoms with Crippen molar-refractivity contribution < 1.29 is 13.2 Å². The number of piperidine rings is 1. The summed E-state index contributed by atoms with van der Waals surface area (Å²) in [6.45, 7) is 1.61. The molecule has 6 nitrogen and oxygen atoms in total. The van der Waals surface area contributed by atoms with Gasteiger partial charge in [0.05, 0.1) is 10.5 Å². The lowest BCUT2D eigenvalue weighted by Crippen LogP contribution is -2.41. The van der Waals surface area contributed by atoms with E-state index in [0.717, 1.165) is 12.8 Å². The standard InChI is InChI=1S/C18H20BrN3O3S/c19-16-5-1-2-6-17(16)26(24,25)21-12-14-7-10-22(11-8-14)18(23)15-4-3-9-20-13-15/h1-6,9,13-14,21H,7-8,10-12H2. The zero-order chi connectivity index (χ0) is 18.6. The van der Waals surface area contributed by atoms with Crippen molar-refractivity contribution in [3.8, 4) is 0 Å². The van der Waals surface area contributed by atoms with Crippen molar-refractivity contribution in [2.75, 3.05) is 19.6 Å². The molecule has 1 aliphatic heterocycles. The Labute approximate surface area is 161 Å². The number of nitrogens with one attached hydrogen (secondary N) is 1. The molecule has 0 radical (unpaired) electrons. The normalized spacial score (nSPS) is 15.8. The van der Waals surface area contributed by atoms with Crippen molar-refractivity contribution in [2.45, 2.75) is 17.7 Å². The van der Waals surface area contributed by atoms with Crippen LogP contribution in [0.3, 0.4) is 0 Å². The summed E-state index contributed by atoms with van der Waals surface area (Å²) >= 11 is 3.28. The van der Waals surface area contributed by atoms with Gasteiger partial charge in [-0.1, -0.05) is 12.1 Å². The van der Waals surface area contributed by atoms with E-state index in [-0.39, 0.29) is 16.7 Å². The molecule has 8 heteroatoms. The molecule has 3 rings (SSSR count). The highest BCUT2D eigenvalue weighted by molar-refractivity contribution is 9.10. The number of pyridine rings is 1. The van der Waals surface area contributed by atoms with E-state index in [1.165, 1.54) is 0 Å². The van der Waals surface area contributed by atoms with Crippen LogP contribution in [0.5, 0.6) is 0 Å². The lowest BCUT2D eigenvalue weighted by Gasteiger charge is -2.32. The van der Waals surface area contributed by atoms with Gasteiger partial charge in [0.25, 0.3) is 5.91 Å². The van der Waals surface area contributed by atoms with Crippen LogP contribution in [0.4, 0.5) is 0 Å². The monoisotopic (exact) mass is 437 g/mol. The number of carbonyl (C=O) groups excluding carboxylic acids is 1. The Morgan fingerprint density at radius 1 is 1.19 bits per heavy atom. The number of likely N-dealkylation sites (tertiary alicyclic amines) is 1. The van der Waals surface area contributed by atoms with E-state index >= 15 is 0 Å². The molecule has 1 aromatic carbocycles. The molecule has 1 saturated heterocycles. The lowest BCUT2D eigenvalue weighted by molar-refractivity contribution is 0.0691. The van der Waals surface area contributed by atoms with Gasteiger partial charge in [-0.2, -0.15) is 0 Å². The molecule has 1 aromatic heterocycles. The Hall–Kier alpha value is -1.77. The quantitative estimate of drug-likeness (QED) is 0.779. The number of sulfonamides is 1. The molecule has 1 aliphatic rings. The molecule has 0 unspecified atom stereocenters. The van der Waals surface area contributed by atoms with Gasteiger partial charge in [-0.15, -0.1) is 0 Å². The summed E-state index contributed by atoms with van der Waals surface area (Å²) in [4.78, 5) is 18.4. The molecule has 0 saturated carbocycles. The summed E-state index contributed by atoms with van der Waals surface area (Å²) in [5, 5.41) is 0. The first-order valence-corrected chi connectivity index (χ1v) is 10.7. The van der Waals surface area contributed by atoms with Crippen LogP contribution in [0.2, 0.25) is 0 Å². The van der Waals surface area contributed by atoms with Crippen LogP contribution in [-0.4, -0.2) is 43.8 Å². The number of carbonyl (C=O) groups is 1. The average molecular weight is 438 g/mol. The Morgan fingerprint density at radius 2 is 1.92 bits per heavy atom. The number of hydrogen-bond acceptors (Lipinski definition) is 4. The smallest absolute Gasteiger partial charge is 0.255 e. The lowest BCUT2D eigenvalue weighted by atomic mass is 9.97. The molecule has 26 heavy (non-hydrogen) atoms. The van der Waals surface area contributed by atoms with Crippen molar-refractivity contribution in [1.29, 1.82) is 0 Å². The fourth-order valence-corrected chi connectivity index (χ4v) is 5.10. The highest BCUT2D eigenvalue weighted by atomic mass is 79.9. The van der Waals surface area contributed by atoms with Gasteiger partial charge in [0.2, 0.25) is 10.0 Å². The van der Waals surface area contributed by atoms with Gasteiger partial charge in [0.1, 0.15) is 0 Å². The first-order chi connectivity index (χ1) is 12.5. The van der Waals surface area contributed by atoms with Crippen molar-refractivity contribution in [1.82, 2.24) is 14.6 Å². The topological polar surface area (TPSA) is 79.4 Å². The maximum Gasteiger partial charge on any atom is 0.255 e. The number of benzene rings is 1. The van der Waals surface area contributed by atoms with Crippen molar-refractivity contribution in [3.05, 3.63) is 58.8 Å². The number of rotatable bonds is 5. The zero-order valence-corrected chi connectivity index (χ0v) is 16.5. The first-order valence-electron chi connectivity index (χ1n) is 8.41. The zero-order valence-electron chi connectivity index (χ0n) is 14.1. The molecule has 138 valence electrons. The molecular formula is C18H20BrN3O3S. The Kier molecular flexibility index (Phi) is 6.05. The van der Waals surface area contributed by atoms with Crippen LogP contribution in [-0.2, 0) is 10.0 Å². The highest BCUT2D eigenvalue weighted by Crippen LogP contribution is 2.22. The SMILES string of the molecule is O=C(c1cccnc1)N1CCC(CNS(=O)(=O)c2ccccc2Br)CC1. The third-order valence-electron chi connectivity index (χ3n) is 4.50. The highest BCUT2D eigenvalue weighted by Gasteiger charge is 2.25. The number of aromatic nitrogens is 1. The molecular weight excluding hydrogens is 418 g/mol. The van der Waals surface area contributed by atoms with Crippen molar-refractivity contribution in [2.24, 2.45) is 5.92 Å². The summed E-state index contributed by atoms with van der Waals surface area (Å²) < 4.78 is 28.1. The van der Waals surface area contributed by atoms with Gasteiger partial charge in [-0.3, -0.25) is 9.78 Å². The molecule has 2 aromatic rings. The minimum Gasteiger partial charge on any atom is -0.339 e. The fourth-order valence-electron chi connectivity index (χ4n) is 2.98. The van der Waals surface area contributed by atoms with Crippen LogP contribution in [0, 0.1) is 5.92 Å². The summed E-state index contributed by atoms with van der Waals surface area (Å²) in [6.07, 6.45) is 4.75. The Bertz CT molecular complexity index is 866. The van der Waals surface area contributed by atoms with Gasteiger partial charge in [-0.25, -0.2) is 13.1 Å². The van der Waals surface area contributed by atoms with Crippen LogP contribution in [0.1, 0.15) is 23.2 Å². The molecule has 2 heterocycles. The van der Waals surface area contributed by atoms with E-state index in [2.05, 4.69) is 25.6 Å². The van der Waals surface area contributed by atoms with Gasteiger partial charge in [0, 0.05) is 36.5 Å². The number of nitrogens with zero attached hydrogens (tertiary/aromatic N) is 2. The van der Waals surface area contributed by atoms with E-state index < -0.39 is 10.0 Å². The van der Waals surface area contributed by atoms with E-state index in [9.17, 15) is 13.2 Å². The third kappa shape index (κ3) is 4.49. The van der Waals surface area contributed by atoms with E-state index in [1.807, 2.05) is 0 Å². The van der Waals surface area contributed by atoms with Crippen LogP contribution in [0.15, 0.2) is 58.2 Å². The largest absolute Gasteiger partial charge is 0.339 e. The molecule has 0 atom stereocenters. The summed E-state index contributed by atoms with van der Waals surface area (Å²) in [5.41, 5.74) is 0.584. The van der Waals surface area contributed by atoms with Crippen molar-refractivity contribution >= 4 is 31.9 Å². The van der Waals surface area contributed by atoms with E-state index in [1.54, 1.807) is 53.7 Å². The average Bonchev–Trinajstić information content (AvgIpc) is 2.67. The van der Waals surface area contributed by atoms with Gasteiger partial charge in [0.15, 0.2) is 0 Å². The van der Waals surface area contributed by atoms with Crippen LogP contribution < -0.4 is 4.72 Å². The second-order valence-corrected chi connectivity index (χ2v) is 8.85. The first kappa shape index (κ1) is 19.0. The molecule has 0 aliphatic carbocycles. The number of hydrogen-bond donors (Lipinski definition) is 1. The molecule has 0 spiro atoms. The second kappa shape index (κ2) is 8.28. The second-order valence-electron chi connectivity index (χ2n) is 6.26. The molecule has 0 bridgehead atoms. The summed E-state index contributed by atoms with van der Waals surface area (Å²) in [7, 11) is -3.55. The van der Waals surface area contributed by atoms with Crippen LogP contribution >= 0.6 is 15.9 Å². The fraction of sp³-hybridized carbons (Fsp3) is 0.333. The summed E-state index contributed by atoms with van der Waals surface area (Å²) in [5.74, 6) is 0.190. The Morgan fingerprint density at radius 3 is 2.58 bits per heavy atom. The van der Waals surface area contributed by atoms with E-state index in [4.69, 9.17) is 0 Å². The van der Waals surface area contributed by atoms with Gasteiger partial charge < -0.3 is 4.90 Å². The van der Waals surface area contributed by atoms with Gasteiger partial charge in [-0.05, 0) is 59.0 Å². The predicted molar refractivity (Wildman–Crippen MR) is 102 cm³/mol. The number of amides is 1. The Balaban J connectivity index is 1.53. The minimum absolute atomic E-state index is 0.0228.